The number of carbonyl (C=O) groups excluding carboxylic acids is 1. The standard InChI is InChI=1S/C18H13FN4O3S/c1-10-2-7-13-14(8-10)27-17(20-13)21-15(24)9-23-18(25)26-16(22-23)11-3-5-12(19)6-4-11/h2-8H,9H2,1H3,(H,20,21,24). The lowest BCUT2D eigenvalue weighted by Gasteiger charge is -1.99. The van der Waals surface area contributed by atoms with Crippen LogP contribution in [0.25, 0.3) is 21.7 Å². The van der Waals surface area contributed by atoms with Gasteiger partial charge >= 0.3 is 5.76 Å². The lowest BCUT2D eigenvalue weighted by Crippen LogP contribution is -2.25. The first-order chi connectivity index (χ1) is 13.0. The van der Waals surface area contributed by atoms with Crippen LogP contribution >= 0.6 is 11.3 Å². The van der Waals surface area contributed by atoms with Gasteiger partial charge in [0.05, 0.1) is 10.2 Å². The van der Waals surface area contributed by atoms with Crippen LogP contribution in [0.3, 0.4) is 0 Å². The van der Waals surface area contributed by atoms with Gasteiger partial charge in [0.2, 0.25) is 11.8 Å². The fourth-order valence-electron chi connectivity index (χ4n) is 2.50. The number of aryl methyl sites for hydroxylation is 1. The van der Waals surface area contributed by atoms with Crippen molar-refractivity contribution in [1.82, 2.24) is 14.8 Å². The van der Waals surface area contributed by atoms with E-state index in [1.807, 2.05) is 25.1 Å². The number of carbonyl (C=O) groups is 1. The van der Waals surface area contributed by atoms with Crippen LogP contribution in [-0.4, -0.2) is 20.7 Å². The van der Waals surface area contributed by atoms with Crippen molar-refractivity contribution in [1.29, 1.82) is 0 Å². The zero-order chi connectivity index (χ0) is 19.0. The van der Waals surface area contributed by atoms with Gasteiger partial charge in [-0.2, -0.15) is 4.68 Å². The number of hydrogen-bond donors (Lipinski definition) is 1. The topological polar surface area (TPSA) is 90.0 Å². The summed E-state index contributed by atoms with van der Waals surface area (Å²) >= 11 is 1.35. The third-order valence-corrected chi connectivity index (χ3v) is 4.71. The van der Waals surface area contributed by atoms with E-state index < -0.39 is 17.5 Å². The van der Waals surface area contributed by atoms with Gasteiger partial charge in [0.15, 0.2) is 5.13 Å². The monoisotopic (exact) mass is 384 g/mol. The molecular weight excluding hydrogens is 371 g/mol. The number of halogens is 1. The molecule has 0 atom stereocenters. The third-order valence-electron chi connectivity index (χ3n) is 3.78. The average Bonchev–Trinajstić information content (AvgIpc) is 3.18. The molecule has 2 heterocycles. The second-order valence-electron chi connectivity index (χ2n) is 5.88. The molecule has 2 aromatic heterocycles. The number of rotatable bonds is 4. The number of aromatic nitrogens is 3. The van der Waals surface area contributed by atoms with Crippen LogP contribution in [0.5, 0.6) is 0 Å². The Morgan fingerprint density at radius 2 is 2.04 bits per heavy atom. The van der Waals surface area contributed by atoms with E-state index >= 15 is 0 Å². The van der Waals surface area contributed by atoms with Crippen molar-refractivity contribution in [3.63, 3.8) is 0 Å². The van der Waals surface area contributed by atoms with Crippen molar-refractivity contribution >= 4 is 32.6 Å². The van der Waals surface area contributed by atoms with Gasteiger partial charge < -0.3 is 9.73 Å². The first-order valence-corrected chi connectivity index (χ1v) is 8.80. The minimum Gasteiger partial charge on any atom is -0.388 e. The molecule has 0 saturated heterocycles. The van der Waals surface area contributed by atoms with Crippen LogP contribution in [-0.2, 0) is 11.3 Å². The van der Waals surface area contributed by atoms with Crippen LogP contribution in [0.1, 0.15) is 5.56 Å². The number of benzene rings is 2. The van der Waals surface area contributed by atoms with Crippen molar-refractivity contribution in [2.24, 2.45) is 0 Å². The van der Waals surface area contributed by atoms with Gasteiger partial charge in [0.25, 0.3) is 0 Å². The van der Waals surface area contributed by atoms with Crippen molar-refractivity contribution in [3.05, 3.63) is 64.4 Å². The molecule has 0 aliphatic heterocycles. The molecule has 0 radical (unpaired) electrons. The van der Waals surface area contributed by atoms with Gasteiger partial charge in [-0.15, -0.1) is 5.10 Å². The van der Waals surface area contributed by atoms with Gasteiger partial charge in [0.1, 0.15) is 12.4 Å². The summed E-state index contributed by atoms with van der Waals surface area (Å²) in [7, 11) is 0. The number of anilines is 1. The highest BCUT2D eigenvalue weighted by Crippen LogP contribution is 2.26. The molecule has 9 heteroatoms. The van der Waals surface area contributed by atoms with E-state index in [1.54, 1.807) is 0 Å². The Labute approximate surface area is 156 Å². The highest BCUT2D eigenvalue weighted by atomic mass is 32.1. The summed E-state index contributed by atoms with van der Waals surface area (Å²) in [6, 6.07) is 11.2. The van der Waals surface area contributed by atoms with Gasteiger partial charge in [0, 0.05) is 5.56 Å². The zero-order valence-electron chi connectivity index (χ0n) is 14.1. The lowest BCUT2D eigenvalue weighted by molar-refractivity contribution is -0.117. The van der Waals surface area contributed by atoms with E-state index in [0.29, 0.717) is 10.7 Å². The molecule has 1 N–H and O–H groups in total. The van der Waals surface area contributed by atoms with Gasteiger partial charge in [-0.3, -0.25) is 4.79 Å². The van der Waals surface area contributed by atoms with Crippen molar-refractivity contribution in [2.75, 3.05) is 5.32 Å². The fourth-order valence-corrected chi connectivity index (χ4v) is 3.48. The number of fused-ring (bicyclic) bond motifs is 1. The summed E-state index contributed by atoms with van der Waals surface area (Å²) in [5.41, 5.74) is 2.33. The maximum absolute atomic E-state index is 13.0. The number of thiazole rings is 1. The molecular formula is C18H13FN4O3S. The summed E-state index contributed by atoms with van der Waals surface area (Å²) in [5, 5.41) is 7.08. The molecule has 7 nitrogen and oxygen atoms in total. The summed E-state index contributed by atoms with van der Waals surface area (Å²) in [4.78, 5) is 28.5. The summed E-state index contributed by atoms with van der Waals surface area (Å²) in [6.07, 6.45) is 0. The Kier molecular flexibility index (Phi) is 4.28. The number of nitrogens with one attached hydrogen (secondary N) is 1. The van der Waals surface area contributed by atoms with Crippen LogP contribution in [0, 0.1) is 12.7 Å². The van der Waals surface area contributed by atoms with Gasteiger partial charge in [-0.1, -0.05) is 17.4 Å². The highest BCUT2D eigenvalue weighted by molar-refractivity contribution is 7.22. The third kappa shape index (κ3) is 3.63. The smallest absolute Gasteiger partial charge is 0.388 e. The second kappa shape index (κ2) is 6.76. The molecule has 4 rings (SSSR count). The maximum atomic E-state index is 13.0. The molecule has 0 aliphatic rings. The van der Waals surface area contributed by atoms with E-state index in [-0.39, 0.29) is 12.4 Å². The fraction of sp³-hybridized carbons (Fsp3) is 0.111. The Morgan fingerprint density at radius 1 is 1.26 bits per heavy atom. The highest BCUT2D eigenvalue weighted by Gasteiger charge is 2.15. The van der Waals surface area contributed by atoms with Crippen molar-refractivity contribution in [2.45, 2.75) is 13.5 Å². The largest absolute Gasteiger partial charge is 0.437 e. The second-order valence-corrected chi connectivity index (χ2v) is 6.91. The number of amides is 1. The molecule has 27 heavy (non-hydrogen) atoms. The quantitative estimate of drug-likeness (QED) is 0.584. The first kappa shape index (κ1) is 17.1. The normalized spacial score (nSPS) is 11.0. The van der Waals surface area contributed by atoms with E-state index in [4.69, 9.17) is 4.42 Å². The molecule has 1 amide bonds. The Morgan fingerprint density at radius 3 is 2.81 bits per heavy atom. The van der Waals surface area contributed by atoms with E-state index in [2.05, 4.69) is 15.4 Å². The molecule has 0 saturated carbocycles. The molecule has 0 bridgehead atoms. The van der Waals surface area contributed by atoms with Crippen LogP contribution in [0.15, 0.2) is 51.7 Å². The first-order valence-electron chi connectivity index (χ1n) is 7.99. The maximum Gasteiger partial charge on any atom is 0.437 e. The molecule has 0 fully saturated rings. The summed E-state index contributed by atoms with van der Waals surface area (Å²) < 4.78 is 19.9. The van der Waals surface area contributed by atoms with Gasteiger partial charge in [-0.05, 0) is 48.9 Å². The molecule has 0 unspecified atom stereocenters. The average molecular weight is 384 g/mol. The Bertz CT molecular complexity index is 1190. The molecule has 0 spiro atoms. The molecule has 136 valence electrons. The SMILES string of the molecule is Cc1ccc2nc(NC(=O)Cn3nc(-c4ccc(F)cc4)oc3=O)sc2c1. The van der Waals surface area contributed by atoms with E-state index in [0.717, 1.165) is 20.5 Å². The predicted molar refractivity (Wildman–Crippen MR) is 99.1 cm³/mol. The zero-order valence-corrected chi connectivity index (χ0v) is 14.9. The van der Waals surface area contributed by atoms with Crippen LogP contribution < -0.4 is 11.1 Å². The number of hydrogen-bond acceptors (Lipinski definition) is 6. The van der Waals surface area contributed by atoms with Crippen LogP contribution in [0.2, 0.25) is 0 Å². The van der Waals surface area contributed by atoms with Crippen LogP contribution in [0.4, 0.5) is 9.52 Å². The summed E-state index contributed by atoms with van der Waals surface area (Å²) in [5.74, 6) is -1.62. The molecule has 2 aromatic carbocycles. The Hall–Kier alpha value is -3.33. The molecule has 4 aromatic rings. The van der Waals surface area contributed by atoms with E-state index in [9.17, 15) is 14.0 Å². The van der Waals surface area contributed by atoms with Crippen molar-refractivity contribution < 1.29 is 13.6 Å². The lowest BCUT2D eigenvalue weighted by atomic mass is 10.2. The van der Waals surface area contributed by atoms with Crippen molar-refractivity contribution in [3.8, 4) is 11.5 Å². The summed E-state index contributed by atoms with van der Waals surface area (Å²) in [6.45, 7) is 1.66. The minimum absolute atomic E-state index is 0.0169. The minimum atomic E-state index is -0.774. The van der Waals surface area contributed by atoms with Gasteiger partial charge in [-0.25, -0.2) is 14.2 Å². The number of nitrogens with zero attached hydrogens (tertiary/aromatic N) is 3. The van der Waals surface area contributed by atoms with E-state index in [1.165, 1.54) is 35.6 Å². The Balaban J connectivity index is 1.50. The predicted octanol–water partition coefficient (Wildman–Crippen LogP) is 3.20. The molecule has 0 aliphatic carbocycles.